The number of hydrogen-bond acceptors (Lipinski definition) is 7. The maximum Gasteiger partial charge on any atom is 0.226 e. The molecule has 0 spiro atoms. The molecule has 0 saturated carbocycles. The van der Waals surface area contributed by atoms with Crippen molar-refractivity contribution in [3.63, 3.8) is 0 Å². The summed E-state index contributed by atoms with van der Waals surface area (Å²) in [5.41, 5.74) is 1.68. The Morgan fingerprint density at radius 2 is 2.12 bits per heavy atom. The molecule has 3 heterocycles. The standard InChI is InChI=1S/C19H22N4O3/c1-24-16-5-3-14(4-6-16)19-21-15(12-25-19)10-17-22-18(26-23-17)7-2-13-8-9-20-11-13/h3-6,12-13,20H,2,7-11H2,1H3. The topological polar surface area (TPSA) is 86.2 Å². The SMILES string of the molecule is COc1ccc(-c2nc(Cc3noc(CCC4CCNC4)n3)co2)cc1. The number of hydrogen-bond donors (Lipinski definition) is 1. The molecular weight excluding hydrogens is 332 g/mol. The molecule has 0 amide bonds. The zero-order valence-electron chi connectivity index (χ0n) is 14.8. The smallest absolute Gasteiger partial charge is 0.226 e. The number of nitrogens with one attached hydrogen (secondary N) is 1. The van der Waals surface area contributed by atoms with Crippen LogP contribution in [0.3, 0.4) is 0 Å². The van der Waals surface area contributed by atoms with Crippen LogP contribution in [0, 0.1) is 5.92 Å². The van der Waals surface area contributed by atoms with Crippen LogP contribution in [0.4, 0.5) is 0 Å². The quantitative estimate of drug-likeness (QED) is 0.698. The van der Waals surface area contributed by atoms with Crippen molar-refractivity contribution in [2.24, 2.45) is 5.92 Å². The van der Waals surface area contributed by atoms with Gasteiger partial charge in [-0.15, -0.1) is 0 Å². The van der Waals surface area contributed by atoms with Gasteiger partial charge in [0.05, 0.1) is 19.2 Å². The molecule has 1 aliphatic rings. The fourth-order valence-corrected chi connectivity index (χ4v) is 3.17. The molecule has 1 fully saturated rings. The van der Waals surface area contributed by atoms with Gasteiger partial charge in [0, 0.05) is 12.0 Å². The van der Waals surface area contributed by atoms with E-state index >= 15 is 0 Å². The van der Waals surface area contributed by atoms with E-state index in [0.29, 0.717) is 29.9 Å². The fourth-order valence-electron chi connectivity index (χ4n) is 3.17. The molecule has 2 aromatic heterocycles. The Morgan fingerprint density at radius 1 is 1.23 bits per heavy atom. The Hall–Kier alpha value is -2.67. The number of methoxy groups -OCH3 is 1. The monoisotopic (exact) mass is 354 g/mol. The van der Waals surface area contributed by atoms with Gasteiger partial charge in [-0.25, -0.2) is 4.98 Å². The van der Waals surface area contributed by atoms with E-state index in [1.807, 2.05) is 24.3 Å². The highest BCUT2D eigenvalue weighted by molar-refractivity contribution is 5.54. The summed E-state index contributed by atoms with van der Waals surface area (Å²) < 4.78 is 16.1. The highest BCUT2D eigenvalue weighted by atomic mass is 16.5. The molecule has 1 atom stereocenters. The molecule has 136 valence electrons. The third-order valence-electron chi connectivity index (χ3n) is 4.67. The maximum atomic E-state index is 5.57. The molecule has 0 bridgehead atoms. The Morgan fingerprint density at radius 3 is 2.88 bits per heavy atom. The van der Waals surface area contributed by atoms with Crippen molar-refractivity contribution >= 4 is 0 Å². The second-order valence-electron chi connectivity index (χ2n) is 6.55. The summed E-state index contributed by atoms with van der Waals surface area (Å²) >= 11 is 0. The van der Waals surface area contributed by atoms with E-state index < -0.39 is 0 Å². The Bertz CT molecular complexity index is 835. The van der Waals surface area contributed by atoms with Crippen LogP contribution in [-0.2, 0) is 12.8 Å². The van der Waals surface area contributed by atoms with Gasteiger partial charge in [-0.2, -0.15) is 4.98 Å². The summed E-state index contributed by atoms with van der Waals surface area (Å²) in [5.74, 6) is 3.42. The van der Waals surface area contributed by atoms with Crippen molar-refractivity contribution in [2.75, 3.05) is 20.2 Å². The van der Waals surface area contributed by atoms with E-state index in [0.717, 1.165) is 42.9 Å². The molecule has 7 nitrogen and oxygen atoms in total. The lowest BCUT2D eigenvalue weighted by molar-refractivity contribution is 0.361. The first kappa shape index (κ1) is 16.8. The third kappa shape index (κ3) is 3.94. The lowest BCUT2D eigenvalue weighted by Crippen LogP contribution is -2.09. The van der Waals surface area contributed by atoms with E-state index in [9.17, 15) is 0 Å². The molecule has 7 heteroatoms. The summed E-state index contributed by atoms with van der Waals surface area (Å²) in [7, 11) is 1.64. The fraction of sp³-hybridized carbons (Fsp3) is 0.421. The van der Waals surface area contributed by atoms with Crippen molar-refractivity contribution < 1.29 is 13.7 Å². The zero-order chi connectivity index (χ0) is 17.8. The first-order chi connectivity index (χ1) is 12.8. The van der Waals surface area contributed by atoms with Crippen LogP contribution in [0.1, 0.15) is 30.3 Å². The van der Waals surface area contributed by atoms with Gasteiger partial charge >= 0.3 is 0 Å². The van der Waals surface area contributed by atoms with Crippen LogP contribution in [0.15, 0.2) is 39.5 Å². The summed E-state index contributed by atoms with van der Waals surface area (Å²) in [5, 5.41) is 7.44. The molecular formula is C19H22N4O3. The predicted octanol–water partition coefficient (Wildman–Crippen LogP) is 2.87. The normalized spacial score (nSPS) is 16.9. The molecule has 1 aliphatic heterocycles. The largest absolute Gasteiger partial charge is 0.497 e. The van der Waals surface area contributed by atoms with Crippen LogP contribution in [0.5, 0.6) is 5.75 Å². The van der Waals surface area contributed by atoms with Crippen molar-refractivity contribution in [3.8, 4) is 17.2 Å². The molecule has 0 radical (unpaired) electrons. The summed E-state index contributed by atoms with van der Waals surface area (Å²) in [6, 6.07) is 7.59. The van der Waals surface area contributed by atoms with Crippen molar-refractivity contribution in [1.29, 1.82) is 0 Å². The number of aromatic nitrogens is 3. The van der Waals surface area contributed by atoms with Crippen molar-refractivity contribution in [3.05, 3.63) is 47.9 Å². The Balaban J connectivity index is 1.36. The summed E-state index contributed by atoms with van der Waals surface area (Å²) in [6.07, 6.45) is 5.28. The average molecular weight is 354 g/mol. The second-order valence-corrected chi connectivity index (χ2v) is 6.55. The maximum absolute atomic E-state index is 5.57. The third-order valence-corrected chi connectivity index (χ3v) is 4.67. The van der Waals surface area contributed by atoms with Crippen LogP contribution in [0.25, 0.3) is 11.5 Å². The van der Waals surface area contributed by atoms with Crippen LogP contribution in [-0.4, -0.2) is 35.3 Å². The van der Waals surface area contributed by atoms with Gasteiger partial charge in [-0.05, 0) is 56.1 Å². The van der Waals surface area contributed by atoms with Gasteiger partial charge < -0.3 is 19.0 Å². The van der Waals surface area contributed by atoms with Gasteiger partial charge in [0.15, 0.2) is 5.82 Å². The van der Waals surface area contributed by atoms with Gasteiger partial charge in [-0.3, -0.25) is 0 Å². The Kier molecular flexibility index (Phi) is 4.97. The molecule has 4 rings (SSSR count). The molecule has 1 unspecified atom stereocenters. The van der Waals surface area contributed by atoms with Crippen LogP contribution >= 0.6 is 0 Å². The first-order valence-corrected chi connectivity index (χ1v) is 8.91. The minimum Gasteiger partial charge on any atom is -0.497 e. The first-order valence-electron chi connectivity index (χ1n) is 8.91. The predicted molar refractivity (Wildman–Crippen MR) is 94.9 cm³/mol. The minimum atomic E-state index is 0.494. The molecule has 26 heavy (non-hydrogen) atoms. The molecule has 0 aliphatic carbocycles. The van der Waals surface area contributed by atoms with Gasteiger partial charge in [0.25, 0.3) is 0 Å². The summed E-state index contributed by atoms with van der Waals surface area (Å²) in [4.78, 5) is 8.99. The van der Waals surface area contributed by atoms with Crippen LogP contribution in [0.2, 0.25) is 0 Å². The average Bonchev–Trinajstić information content (AvgIpc) is 3.43. The second kappa shape index (κ2) is 7.70. The van der Waals surface area contributed by atoms with E-state index in [1.54, 1.807) is 13.4 Å². The number of oxazole rings is 1. The molecule has 3 aromatic rings. The number of benzene rings is 1. The minimum absolute atomic E-state index is 0.494. The van der Waals surface area contributed by atoms with E-state index in [-0.39, 0.29) is 0 Å². The van der Waals surface area contributed by atoms with Gasteiger partial charge in [0.2, 0.25) is 11.8 Å². The number of rotatable bonds is 7. The highest BCUT2D eigenvalue weighted by Crippen LogP contribution is 2.22. The lowest BCUT2D eigenvalue weighted by atomic mass is 10.0. The molecule has 1 saturated heterocycles. The van der Waals surface area contributed by atoms with Crippen molar-refractivity contribution in [2.45, 2.75) is 25.7 Å². The van der Waals surface area contributed by atoms with Gasteiger partial charge in [-0.1, -0.05) is 5.16 Å². The van der Waals surface area contributed by atoms with Crippen molar-refractivity contribution in [1.82, 2.24) is 20.4 Å². The van der Waals surface area contributed by atoms with Gasteiger partial charge in [0.1, 0.15) is 12.0 Å². The highest BCUT2D eigenvalue weighted by Gasteiger charge is 2.17. The number of ether oxygens (including phenoxy) is 1. The number of nitrogens with zero attached hydrogens (tertiary/aromatic N) is 3. The number of aryl methyl sites for hydroxylation is 1. The molecule has 1 aromatic carbocycles. The van der Waals surface area contributed by atoms with E-state index in [4.69, 9.17) is 13.7 Å². The molecule has 1 N–H and O–H groups in total. The zero-order valence-corrected chi connectivity index (χ0v) is 14.8. The van der Waals surface area contributed by atoms with Crippen LogP contribution < -0.4 is 10.1 Å². The Labute approximate surface area is 151 Å². The van der Waals surface area contributed by atoms with E-state index in [2.05, 4.69) is 20.4 Å². The lowest BCUT2D eigenvalue weighted by Gasteiger charge is -2.03. The van der Waals surface area contributed by atoms with E-state index in [1.165, 1.54) is 6.42 Å². The summed E-state index contributed by atoms with van der Waals surface area (Å²) in [6.45, 7) is 2.20.